The van der Waals surface area contributed by atoms with Crippen LogP contribution in [-0.2, 0) is 6.54 Å². The molecule has 168 valence electrons. The average molecular weight is 463 g/mol. The third kappa shape index (κ3) is 4.06. The molecule has 0 unspecified atom stereocenters. The molecule has 3 nitrogen and oxygen atoms in total. The van der Waals surface area contributed by atoms with Crippen molar-refractivity contribution in [3.8, 4) is 0 Å². The Morgan fingerprint density at radius 3 is 1.94 bits per heavy atom. The smallest absolute Gasteiger partial charge is 0.193 e. The molecule has 0 saturated heterocycles. The zero-order valence-electron chi connectivity index (χ0n) is 19.6. The molecule has 5 aromatic rings. The number of hydrogen-bond donors (Lipinski definition) is 0. The minimum absolute atomic E-state index is 0.0398. The van der Waals surface area contributed by atoms with Crippen LogP contribution in [0.15, 0.2) is 106 Å². The zero-order valence-corrected chi connectivity index (χ0v) is 20.4. The predicted octanol–water partition coefficient (Wildman–Crippen LogP) is 7.64. The molecule has 0 radical (unpaired) electrons. The molecule has 0 aliphatic heterocycles. The average Bonchev–Trinajstić information content (AvgIpc) is 3.21. The summed E-state index contributed by atoms with van der Waals surface area (Å²) in [6.07, 6.45) is 0. The highest BCUT2D eigenvalue weighted by Gasteiger charge is 2.15. The van der Waals surface area contributed by atoms with E-state index in [1.165, 1.54) is 10.4 Å². The van der Waals surface area contributed by atoms with Crippen molar-refractivity contribution < 1.29 is 4.79 Å². The lowest BCUT2D eigenvalue weighted by Crippen LogP contribution is -2.01. The summed E-state index contributed by atoms with van der Waals surface area (Å²) >= 11 is 1.69. The number of fused-ring (bicyclic) bond motifs is 3. The largest absolute Gasteiger partial charge is 0.341 e. The monoisotopic (exact) mass is 462 g/mol. The first-order valence-electron chi connectivity index (χ1n) is 11.5. The first-order chi connectivity index (χ1) is 16.6. The van der Waals surface area contributed by atoms with Gasteiger partial charge in [-0.2, -0.15) is 0 Å². The molecule has 4 aromatic carbocycles. The first kappa shape index (κ1) is 22.2. The molecule has 0 bridgehead atoms. The Morgan fingerprint density at radius 2 is 1.32 bits per heavy atom. The second-order valence-corrected chi connectivity index (χ2v) is 9.43. The van der Waals surface area contributed by atoms with Crippen molar-refractivity contribution in [3.05, 3.63) is 108 Å². The first-order valence-corrected chi connectivity index (χ1v) is 12.3. The van der Waals surface area contributed by atoms with E-state index >= 15 is 0 Å². The van der Waals surface area contributed by atoms with E-state index in [9.17, 15) is 4.79 Å². The lowest BCUT2D eigenvalue weighted by molar-refractivity contribution is 0.103. The highest BCUT2D eigenvalue weighted by atomic mass is 32.2. The standard InChI is InChI=1S/C30H26N2OS/c1-4-32-28-16-12-22(20(2)31-3)18-26(28)27-19-23(13-17-29(27)32)30(33)21-10-14-25(15-11-21)34-24-8-6-5-7-9-24/h5-19H,4H2,1-3H3. The number of nitrogens with zero attached hydrogens (tertiary/aromatic N) is 2. The van der Waals surface area contributed by atoms with Gasteiger partial charge in [0.2, 0.25) is 0 Å². The fraction of sp³-hybridized carbons (Fsp3) is 0.133. The number of aliphatic imine (C=N–C) groups is 1. The van der Waals surface area contributed by atoms with Gasteiger partial charge in [0, 0.05) is 62.0 Å². The van der Waals surface area contributed by atoms with E-state index in [1.807, 2.05) is 68.6 Å². The summed E-state index contributed by atoms with van der Waals surface area (Å²) in [5.74, 6) is 0.0398. The van der Waals surface area contributed by atoms with Crippen LogP contribution in [0.25, 0.3) is 21.8 Å². The maximum Gasteiger partial charge on any atom is 0.193 e. The van der Waals surface area contributed by atoms with Crippen molar-refractivity contribution in [3.63, 3.8) is 0 Å². The van der Waals surface area contributed by atoms with E-state index < -0.39 is 0 Å². The van der Waals surface area contributed by atoms with E-state index in [0.717, 1.165) is 39.0 Å². The Hall–Kier alpha value is -3.63. The fourth-order valence-corrected chi connectivity index (χ4v) is 5.24. The van der Waals surface area contributed by atoms with Gasteiger partial charge in [0.25, 0.3) is 0 Å². The quantitative estimate of drug-likeness (QED) is 0.192. The summed E-state index contributed by atoms with van der Waals surface area (Å²) in [5, 5.41) is 2.26. The number of ketones is 1. The lowest BCUT2D eigenvalue weighted by Gasteiger charge is -2.06. The van der Waals surface area contributed by atoms with E-state index in [2.05, 4.69) is 52.9 Å². The predicted molar refractivity (Wildman–Crippen MR) is 144 cm³/mol. The third-order valence-corrected chi connectivity index (χ3v) is 7.31. The minimum Gasteiger partial charge on any atom is -0.341 e. The van der Waals surface area contributed by atoms with Crippen LogP contribution in [0, 0.1) is 0 Å². The molecule has 4 heteroatoms. The SMILES string of the molecule is CCn1c2ccc(C(=O)c3ccc(Sc4ccccc4)cc3)cc2c2cc(C(C)=NC)ccc21. The van der Waals surface area contributed by atoms with Gasteiger partial charge in [-0.3, -0.25) is 9.79 Å². The number of carbonyl (C=O) groups excluding carboxylic acids is 1. The maximum absolute atomic E-state index is 13.4. The van der Waals surface area contributed by atoms with E-state index in [1.54, 1.807) is 11.8 Å². The number of rotatable bonds is 6. The van der Waals surface area contributed by atoms with Gasteiger partial charge in [-0.25, -0.2) is 0 Å². The van der Waals surface area contributed by atoms with Gasteiger partial charge in [-0.1, -0.05) is 36.0 Å². The molecule has 5 rings (SSSR count). The molecule has 0 atom stereocenters. The number of carbonyl (C=O) groups is 1. The second kappa shape index (κ2) is 9.32. The Labute approximate surface area is 204 Å². The van der Waals surface area contributed by atoms with Gasteiger partial charge in [-0.15, -0.1) is 0 Å². The van der Waals surface area contributed by atoms with Gasteiger partial charge in [0.05, 0.1) is 0 Å². The number of aryl methyl sites for hydroxylation is 1. The number of benzene rings is 4. The molecular formula is C30H26N2OS. The molecular weight excluding hydrogens is 436 g/mol. The molecule has 0 N–H and O–H groups in total. The van der Waals surface area contributed by atoms with Crippen LogP contribution in [0.3, 0.4) is 0 Å². The van der Waals surface area contributed by atoms with Crippen LogP contribution in [-0.4, -0.2) is 23.1 Å². The van der Waals surface area contributed by atoms with Crippen molar-refractivity contribution in [1.82, 2.24) is 4.57 Å². The summed E-state index contributed by atoms with van der Waals surface area (Å²) in [6, 6.07) is 30.7. The van der Waals surface area contributed by atoms with Crippen molar-refractivity contribution in [2.24, 2.45) is 4.99 Å². The zero-order chi connectivity index (χ0) is 23.7. The summed E-state index contributed by atoms with van der Waals surface area (Å²) in [7, 11) is 1.81. The molecule has 0 aliphatic carbocycles. The molecule has 0 fully saturated rings. The van der Waals surface area contributed by atoms with Gasteiger partial charge in [-0.05, 0) is 86.1 Å². The van der Waals surface area contributed by atoms with Gasteiger partial charge >= 0.3 is 0 Å². The van der Waals surface area contributed by atoms with Crippen molar-refractivity contribution in [2.75, 3.05) is 7.05 Å². The summed E-state index contributed by atoms with van der Waals surface area (Å²) < 4.78 is 2.30. The van der Waals surface area contributed by atoms with Gasteiger partial charge in [0.15, 0.2) is 5.78 Å². The highest BCUT2D eigenvalue weighted by Crippen LogP contribution is 2.32. The molecule has 34 heavy (non-hydrogen) atoms. The number of hydrogen-bond acceptors (Lipinski definition) is 3. The van der Waals surface area contributed by atoms with E-state index in [-0.39, 0.29) is 5.78 Å². The molecule has 0 spiro atoms. The van der Waals surface area contributed by atoms with Crippen molar-refractivity contribution >= 4 is 45.1 Å². The minimum atomic E-state index is 0.0398. The Balaban J connectivity index is 1.52. The highest BCUT2D eigenvalue weighted by molar-refractivity contribution is 7.99. The van der Waals surface area contributed by atoms with Gasteiger partial charge in [0.1, 0.15) is 0 Å². The summed E-state index contributed by atoms with van der Waals surface area (Å²) in [5.41, 5.74) is 5.83. The van der Waals surface area contributed by atoms with Gasteiger partial charge < -0.3 is 4.57 Å². The Kier molecular flexibility index (Phi) is 6.08. The molecule has 1 heterocycles. The fourth-order valence-electron chi connectivity index (χ4n) is 4.41. The van der Waals surface area contributed by atoms with Crippen LogP contribution in [0.2, 0.25) is 0 Å². The van der Waals surface area contributed by atoms with Crippen LogP contribution >= 0.6 is 11.8 Å². The Bertz CT molecular complexity index is 1530. The topological polar surface area (TPSA) is 34.4 Å². The Morgan fingerprint density at radius 1 is 0.765 bits per heavy atom. The van der Waals surface area contributed by atoms with Crippen molar-refractivity contribution in [2.45, 2.75) is 30.2 Å². The second-order valence-electron chi connectivity index (χ2n) is 8.29. The van der Waals surface area contributed by atoms with Crippen molar-refractivity contribution in [1.29, 1.82) is 0 Å². The van der Waals surface area contributed by atoms with Crippen LogP contribution in [0.1, 0.15) is 35.3 Å². The normalized spacial score (nSPS) is 11.9. The van der Waals surface area contributed by atoms with Crippen LogP contribution < -0.4 is 0 Å². The number of aromatic nitrogens is 1. The van der Waals surface area contributed by atoms with Crippen LogP contribution in [0.5, 0.6) is 0 Å². The molecule has 0 saturated carbocycles. The van der Waals surface area contributed by atoms with Crippen LogP contribution in [0.4, 0.5) is 0 Å². The summed E-state index contributed by atoms with van der Waals surface area (Å²) in [4.78, 5) is 20.0. The third-order valence-electron chi connectivity index (χ3n) is 6.29. The maximum atomic E-state index is 13.4. The lowest BCUT2D eigenvalue weighted by atomic mass is 10.0. The molecule has 1 aromatic heterocycles. The molecule has 0 amide bonds. The van der Waals surface area contributed by atoms with E-state index in [4.69, 9.17) is 0 Å². The molecule has 0 aliphatic rings. The summed E-state index contributed by atoms with van der Waals surface area (Å²) in [6.45, 7) is 5.04. The van der Waals surface area contributed by atoms with E-state index in [0.29, 0.717) is 11.1 Å².